The second kappa shape index (κ2) is 11.0. The Morgan fingerprint density at radius 2 is 1.83 bits per heavy atom. The van der Waals surface area contributed by atoms with E-state index < -0.39 is 6.10 Å². The van der Waals surface area contributed by atoms with Crippen molar-refractivity contribution >= 4 is 11.0 Å². The highest BCUT2D eigenvalue weighted by molar-refractivity contribution is 5.91. The lowest BCUT2D eigenvalue weighted by atomic mass is 10.0. The van der Waals surface area contributed by atoms with Crippen molar-refractivity contribution in [3.63, 3.8) is 0 Å². The van der Waals surface area contributed by atoms with Gasteiger partial charge >= 0.3 is 0 Å². The van der Waals surface area contributed by atoms with Crippen LogP contribution in [0.5, 0.6) is 5.75 Å². The third-order valence-electron chi connectivity index (χ3n) is 6.48. The average Bonchev–Trinajstić information content (AvgIpc) is 3.31. The molecule has 6 nitrogen and oxygen atoms in total. The lowest BCUT2D eigenvalue weighted by Gasteiger charge is -2.33. The molecule has 1 saturated heterocycles. The monoisotopic (exact) mass is 475 g/mol. The normalized spacial score (nSPS) is 15.9. The Hall–Kier alpha value is -3.26. The first-order chi connectivity index (χ1) is 17.1. The summed E-state index contributed by atoms with van der Waals surface area (Å²) in [7, 11) is 0. The number of nitrogens with one attached hydrogen (secondary N) is 1. The van der Waals surface area contributed by atoms with Crippen LogP contribution in [0, 0.1) is 5.82 Å². The van der Waals surface area contributed by atoms with Gasteiger partial charge in [-0.05, 0) is 67.9 Å². The molecule has 0 saturated carbocycles. The molecular weight excluding hydrogens is 445 g/mol. The number of fused-ring (bicyclic) bond motifs is 1. The maximum atomic E-state index is 13.4. The quantitative estimate of drug-likeness (QED) is 0.368. The maximum Gasteiger partial charge on any atom is 0.170 e. The van der Waals surface area contributed by atoms with Crippen LogP contribution >= 0.6 is 0 Å². The number of halogens is 1. The Labute approximate surface area is 204 Å². The molecule has 0 amide bonds. The molecule has 2 N–H and O–H groups in total. The van der Waals surface area contributed by atoms with E-state index in [1.807, 2.05) is 30.3 Å². The molecular formula is C28H30FN3O3. The molecule has 3 aromatic carbocycles. The number of aliphatic hydroxyl groups is 1. The second-order valence-corrected chi connectivity index (χ2v) is 9.11. The van der Waals surface area contributed by atoms with E-state index in [2.05, 4.69) is 39.6 Å². The van der Waals surface area contributed by atoms with Crippen molar-refractivity contribution in [1.29, 1.82) is 0 Å². The minimum Gasteiger partial charge on any atom is -0.491 e. The Balaban J connectivity index is 1.04. The summed E-state index contributed by atoms with van der Waals surface area (Å²) in [5.74, 6) is 0.311. The summed E-state index contributed by atoms with van der Waals surface area (Å²) in [4.78, 5) is 2.48. The molecule has 1 fully saturated rings. The van der Waals surface area contributed by atoms with Gasteiger partial charge in [-0.1, -0.05) is 35.5 Å². The van der Waals surface area contributed by atoms with Gasteiger partial charge in [0.1, 0.15) is 30.0 Å². The highest BCUT2D eigenvalue weighted by Crippen LogP contribution is 2.29. The lowest BCUT2D eigenvalue weighted by molar-refractivity contribution is 0.0979. The molecule has 5 rings (SSSR count). The van der Waals surface area contributed by atoms with E-state index in [9.17, 15) is 9.50 Å². The van der Waals surface area contributed by atoms with Crippen LogP contribution in [-0.2, 0) is 6.54 Å². The van der Waals surface area contributed by atoms with Crippen molar-refractivity contribution in [1.82, 2.24) is 15.4 Å². The number of benzene rings is 3. The smallest absolute Gasteiger partial charge is 0.170 e. The van der Waals surface area contributed by atoms with E-state index in [0.717, 1.165) is 43.4 Å². The third-order valence-corrected chi connectivity index (χ3v) is 6.48. The van der Waals surface area contributed by atoms with E-state index in [0.29, 0.717) is 29.6 Å². The van der Waals surface area contributed by atoms with E-state index >= 15 is 0 Å². The third kappa shape index (κ3) is 6.06. The van der Waals surface area contributed by atoms with Gasteiger partial charge in [-0.25, -0.2) is 4.39 Å². The number of aromatic nitrogens is 1. The zero-order valence-corrected chi connectivity index (χ0v) is 19.6. The summed E-state index contributed by atoms with van der Waals surface area (Å²) in [6.07, 6.45) is 1.56. The van der Waals surface area contributed by atoms with E-state index in [-0.39, 0.29) is 12.4 Å². The highest BCUT2D eigenvalue weighted by Gasteiger charge is 2.20. The van der Waals surface area contributed by atoms with Crippen molar-refractivity contribution < 1.29 is 18.8 Å². The minimum atomic E-state index is -0.591. The zero-order valence-electron chi connectivity index (χ0n) is 19.6. The van der Waals surface area contributed by atoms with Gasteiger partial charge in [0, 0.05) is 36.1 Å². The predicted octanol–water partition coefficient (Wildman–Crippen LogP) is 4.63. The Morgan fingerprint density at radius 1 is 1.06 bits per heavy atom. The molecule has 1 aliphatic heterocycles. The molecule has 0 bridgehead atoms. The number of hydrogen-bond acceptors (Lipinski definition) is 6. The van der Waals surface area contributed by atoms with Crippen molar-refractivity contribution in [2.75, 3.05) is 26.2 Å². The van der Waals surface area contributed by atoms with Gasteiger partial charge in [0.05, 0.1) is 0 Å². The molecule has 182 valence electrons. The molecule has 4 aromatic rings. The van der Waals surface area contributed by atoms with Gasteiger partial charge < -0.3 is 19.7 Å². The fourth-order valence-corrected chi connectivity index (χ4v) is 4.52. The van der Waals surface area contributed by atoms with Crippen LogP contribution in [0.1, 0.15) is 18.4 Å². The van der Waals surface area contributed by atoms with Gasteiger partial charge in [-0.3, -0.25) is 4.90 Å². The number of piperidine rings is 1. The van der Waals surface area contributed by atoms with Crippen LogP contribution in [0.3, 0.4) is 0 Å². The summed E-state index contributed by atoms with van der Waals surface area (Å²) < 4.78 is 24.4. The van der Waals surface area contributed by atoms with Gasteiger partial charge in [-0.15, -0.1) is 0 Å². The Morgan fingerprint density at radius 3 is 2.60 bits per heavy atom. The second-order valence-electron chi connectivity index (χ2n) is 9.11. The number of rotatable bonds is 9. The average molecular weight is 476 g/mol. The van der Waals surface area contributed by atoms with Gasteiger partial charge in [0.25, 0.3) is 0 Å². The van der Waals surface area contributed by atoms with Gasteiger partial charge in [-0.2, -0.15) is 0 Å². The molecule has 0 unspecified atom stereocenters. The summed E-state index contributed by atoms with van der Waals surface area (Å²) in [5, 5.41) is 18.7. The molecule has 2 heterocycles. The first-order valence-corrected chi connectivity index (χ1v) is 12.1. The van der Waals surface area contributed by atoms with Crippen LogP contribution in [0.2, 0.25) is 0 Å². The van der Waals surface area contributed by atoms with Crippen LogP contribution in [0.4, 0.5) is 4.39 Å². The summed E-state index contributed by atoms with van der Waals surface area (Å²) in [6.45, 7) is 3.82. The maximum absolute atomic E-state index is 13.4. The van der Waals surface area contributed by atoms with Crippen LogP contribution in [0.25, 0.3) is 22.2 Å². The van der Waals surface area contributed by atoms with Crippen LogP contribution in [0.15, 0.2) is 77.3 Å². The first-order valence-electron chi connectivity index (χ1n) is 12.1. The fraction of sp³-hybridized carbons (Fsp3) is 0.321. The predicted molar refractivity (Wildman–Crippen MR) is 134 cm³/mol. The fourth-order valence-electron chi connectivity index (χ4n) is 4.52. The molecule has 1 aliphatic rings. The molecule has 1 atom stereocenters. The lowest BCUT2D eigenvalue weighted by Crippen LogP contribution is -2.45. The summed E-state index contributed by atoms with van der Waals surface area (Å²) >= 11 is 0. The topological polar surface area (TPSA) is 70.8 Å². The number of nitrogens with zero attached hydrogens (tertiary/aromatic N) is 2. The molecule has 0 spiro atoms. The Kier molecular flexibility index (Phi) is 7.37. The van der Waals surface area contributed by atoms with Crippen LogP contribution < -0.4 is 10.1 Å². The molecule has 1 aromatic heterocycles. The van der Waals surface area contributed by atoms with Crippen molar-refractivity contribution in [3.05, 3.63) is 84.2 Å². The first kappa shape index (κ1) is 23.5. The zero-order chi connectivity index (χ0) is 24.0. The van der Waals surface area contributed by atoms with Crippen LogP contribution in [-0.4, -0.2) is 53.6 Å². The molecule has 35 heavy (non-hydrogen) atoms. The van der Waals surface area contributed by atoms with Crippen molar-refractivity contribution in [2.45, 2.75) is 31.5 Å². The van der Waals surface area contributed by atoms with Gasteiger partial charge in [0.15, 0.2) is 5.58 Å². The highest BCUT2D eigenvalue weighted by atomic mass is 19.1. The van der Waals surface area contributed by atoms with E-state index in [4.69, 9.17) is 9.26 Å². The molecule has 7 heteroatoms. The standard InChI is InChI=1S/C28H30FN3O3/c29-22-8-11-26-27(16-22)35-31-28(26)21-6-9-25(10-7-21)34-19-24(33)17-30-23-12-14-32(15-13-23)18-20-4-2-1-3-5-20/h1-11,16,23-24,30,33H,12-15,17-19H2/t24-/m0/s1. The van der Waals surface area contributed by atoms with Crippen molar-refractivity contribution in [2.24, 2.45) is 0 Å². The van der Waals surface area contributed by atoms with Crippen molar-refractivity contribution in [3.8, 4) is 17.0 Å². The SMILES string of the molecule is O[C@@H](CNC1CCN(Cc2ccccc2)CC1)COc1ccc(-c2noc3cc(F)ccc23)cc1. The number of aliphatic hydroxyl groups excluding tert-OH is 1. The van der Waals surface area contributed by atoms with E-state index in [1.165, 1.54) is 17.7 Å². The minimum absolute atomic E-state index is 0.214. The summed E-state index contributed by atoms with van der Waals surface area (Å²) in [5.41, 5.74) is 3.27. The van der Waals surface area contributed by atoms with Gasteiger partial charge in [0.2, 0.25) is 0 Å². The molecule has 0 radical (unpaired) electrons. The largest absolute Gasteiger partial charge is 0.491 e. The van der Waals surface area contributed by atoms with E-state index in [1.54, 1.807) is 6.07 Å². The molecule has 0 aliphatic carbocycles. The summed E-state index contributed by atoms with van der Waals surface area (Å²) in [6, 6.07) is 22.8. The number of hydrogen-bond donors (Lipinski definition) is 2. The Bertz CT molecular complexity index is 1220. The number of ether oxygens (including phenoxy) is 1. The number of likely N-dealkylation sites (tertiary alicyclic amines) is 1.